The SMILES string of the molecule is CSC[C]1CCC1. The highest BCUT2D eigenvalue weighted by atomic mass is 32.2. The Morgan fingerprint density at radius 2 is 2.29 bits per heavy atom. The molecular formula is C6H11S. The first kappa shape index (κ1) is 5.49. The van der Waals surface area contributed by atoms with E-state index in [9.17, 15) is 0 Å². The predicted octanol–water partition coefficient (Wildman–Crippen LogP) is 2.11. The Balaban J connectivity index is 1.93. The topological polar surface area (TPSA) is 0 Å². The number of hydrogen-bond acceptors (Lipinski definition) is 1. The molecule has 0 aromatic carbocycles. The monoisotopic (exact) mass is 115 g/mol. The molecule has 0 nitrogen and oxygen atoms in total. The third-order valence-corrected chi connectivity index (χ3v) is 2.11. The van der Waals surface area contributed by atoms with E-state index in [2.05, 4.69) is 6.26 Å². The average Bonchev–Trinajstić information content (AvgIpc) is 1.55. The van der Waals surface area contributed by atoms with Gasteiger partial charge in [-0.15, -0.1) is 0 Å². The Kier molecular flexibility index (Phi) is 2.04. The maximum Gasteiger partial charge on any atom is -0.000796 e. The summed E-state index contributed by atoms with van der Waals surface area (Å²) >= 11 is 1.95. The molecule has 0 atom stereocenters. The van der Waals surface area contributed by atoms with Crippen molar-refractivity contribution >= 4 is 11.8 Å². The molecule has 1 heteroatoms. The lowest BCUT2D eigenvalue weighted by atomic mass is 9.87. The van der Waals surface area contributed by atoms with Crippen LogP contribution in [-0.4, -0.2) is 12.0 Å². The molecule has 0 heterocycles. The van der Waals surface area contributed by atoms with Crippen LogP contribution in [0.3, 0.4) is 0 Å². The second-order valence-corrected chi connectivity index (χ2v) is 2.90. The summed E-state index contributed by atoms with van der Waals surface area (Å²) < 4.78 is 0. The summed E-state index contributed by atoms with van der Waals surface area (Å²) in [5.74, 6) is 3.09. The second-order valence-electron chi connectivity index (χ2n) is 2.04. The summed E-state index contributed by atoms with van der Waals surface area (Å²) in [5, 5.41) is 0. The van der Waals surface area contributed by atoms with Gasteiger partial charge in [-0.25, -0.2) is 0 Å². The molecule has 7 heavy (non-hydrogen) atoms. The van der Waals surface area contributed by atoms with Crippen LogP contribution in [0.25, 0.3) is 0 Å². The van der Waals surface area contributed by atoms with Crippen molar-refractivity contribution in [3.8, 4) is 0 Å². The van der Waals surface area contributed by atoms with Crippen LogP contribution in [0, 0.1) is 5.92 Å². The van der Waals surface area contributed by atoms with Crippen LogP contribution in [0.4, 0.5) is 0 Å². The Hall–Kier alpha value is 0.350. The molecule has 0 aliphatic heterocycles. The van der Waals surface area contributed by atoms with E-state index in [1.165, 1.54) is 25.0 Å². The molecule has 0 saturated heterocycles. The molecule has 0 bridgehead atoms. The largest absolute Gasteiger partial charge is 0.165 e. The van der Waals surface area contributed by atoms with Gasteiger partial charge in [0.1, 0.15) is 0 Å². The van der Waals surface area contributed by atoms with Gasteiger partial charge in [-0.2, -0.15) is 11.8 Å². The van der Waals surface area contributed by atoms with Gasteiger partial charge < -0.3 is 0 Å². The molecule has 0 aromatic heterocycles. The molecule has 0 aromatic rings. The summed E-state index contributed by atoms with van der Waals surface area (Å²) in [5.41, 5.74) is 0. The minimum absolute atomic E-state index is 1.32. The van der Waals surface area contributed by atoms with E-state index in [1.807, 2.05) is 11.8 Å². The maximum absolute atomic E-state index is 2.17. The lowest BCUT2D eigenvalue weighted by Gasteiger charge is -2.22. The van der Waals surface area contributed by atoms with Crippen LogP contribution in [-0.2, 0) is 0 Å². The highest BCUT2D eigenvalue weighted by Gasteiger charge is 2.16. The molecule has 1 radical (unpaired) electrons. The van der Waals surface area contributed by atoms with Crippen molar-refractivity contribution in [2.45, 2.75) is 19.3 Å². The summed E-state index contributed by atoms with van der Waals surface area (Å²) in [6.07, 6.45) is 6.46. The molecule has 1 rings (SSSR count). The maximum atomic E-state index is 2.17. The van der Waals surface area contributed by atoms with Gasteiger partial charge in [-0.05, 0) is 30.8 Å². The molecule has 0 spiro atoms. The van der Waals surface area contributed by atoms with E-state index >= 15 is 0 Å². The van der Waals surface area contributed by atoms with Crippen molar-refractivity contribution in [1.29, 1.82) is 0 Å². The highest BCUT2D eigenvalue weighted by molar-refractivity contribution is 7.98. The fourth-order valence-electron chi connectivity index (χ4n) is 0.775. The van der Waals surface area contributed by atoms with Gasteiger partial charge >= 0.3 is 0 Å². The Labute approximate surface area is 49.7 Å². The highest BCUT2D eigenvalue weighted by Crippen LogP contribution is 2.30. The molecule has 1 aliphatic carbocycles. The van der Waals surface area contributed by atoms with Crippen molar-refractivity contribution in [1.82, 2.24) is 0 Å². The Morgan fingerprint density at radius 3 is 2.43 bits per heavy atom. The molecule has 41 valence electrons. The zero-order valence-corrected chi connectivity index (χ0v) is 5.55. The first-order valence-corrected chi connectivity index (χ1v) is 4.15. The first-order valence-electron chi connectivity index (χ1n) is 2.76. The van der Waals surface area contributed by atoms with E-state index in [-0.39, 0.29) is 0 Å². The van der Waals surface area contributed by atoms with E-state index in [1.54, 1.807) is 5.92 Å². The van der Waals surface area contributed by atoms with Crippen LogP contribution in [0.5, 0.6) is 0 Å². The number of rotatable bonds is 2. The van der Waals surface area contributed by atoms with Crippen molar-refractivity contribution in [2.75, 3.05) is 12.0 Å². The second kappa shape index (κ2) is 2.61. The smallest absolute Gasteiger partial charge is 0.000796 e. The van der Waals surface area contributed by atoms with Crippen LogP contribution >= 0.6 is 11.8 Å². The third-order valence-electron chi connectivity index (χ3n) is 1.41. The zero-order valence-electron chi connectivity index (χ0n) is 4.74. The van der Waals surface area contributed by atoms with Gasteiger partial charge in [-0.3, -0.25) is 0 Å². The Morgan fingerprint density at radius 1 is 1.57 bits per heavy atom. The van der Waals surface area contributed by atoms with Crippen LogP contribution < -0.4 is 0 Å². The quantitative estimate of drug-likeness (QED) is 0.531. The van der Waals surface area contributed by atoms with Gasteiger partial charge in [0.2, 0.25) is 0 Å². The van der Waals surface area contributed by atoms with Crippen molar-refractivity contribution in [3.63, 3.8) is 0 Å². The van der Waals surface area contributed by atoms with Gasteiger partial charge in [0.05, 0.1) is 0 Å². The molecule has 1 saturated carbocycles. The fourth-order valence-corrected chi connectivity index (χ4v) is 1.47. The fraction of sp³-hybridized carbons (Fsp3) is 0.833. The first-order chi connectivity index (χ1) is 3.43. The molecule has 1 aliphatic rings. The summed E-state index contributed by atoms with van der Waals surface area (Å²) in [7, 11) is 0. The minimum Gasteiger partial charge on any atom is -0.165 e. The number of hydrogen-bond donors (Lipinski definition) is 0. The van der Waals surface area contributed by atoms with Gasteiger partial charge in [0.15, 0.2) is 0 Å². The standard InChI is InChI=1S/C6H11S/c1-7-5-6-3-2-4-6/h2-5H2,1H3. The lowest BCUT2D eigenvalue weighted by Crippen LogP contribution is -2.10. The van der Waals surface area contributed by atoms with Crippen LogP contribution in [0.1, 0.15) is 19.3 Å². The van der Waals surface area contributed by atoms with E-state index < -0.39 is 0 Å². The molecular weight excluding hydrogens is 104 g/mol. The van der Waals surface area contributed by atoms with Gasteiger partial charge in [0.25, 0.3) is 0 Å². The minimum atomic E-state index is 1.32. The number of thioether (sulfide) groups is 1. The van der Waals surface area contributed by atoms with Gasteiger partial charge in [0, 0.05) is 0 Å². The lowest BCUT2D eigenvalue weighted by molar-refractivity contribution is 0.562. The average molecular weight is 115 g/mol. The van der Waals surface area contributed by atoms with E-state index in [0.717, 1.165) is 0 Å². The van der Waals surface area contributed by atoms with Crippen LogP contribution in [0.2, 0.25) is 0 Å². The summed E-state index contributed by atoms with van der Waals surface area (Å²) in [4.78, 5) is 0. The van der Waals surface area contributed by atoms with E-state index in [4.69, 9.17) is 0 Å². The van der Waals surface area contributed by atoms with E-state index in [0.29, 0.717) is 0 Å². The zero-order chi connectivity index (χ0) is 5.11. The van der Waals surface area contributed by atoms with Crippen molar-refractivity contribution in [3.05, 3.63) is 5.92 Å². The predicted molar refractivity (Wildman–Crippen MR) is 35.5 cm³/mol. The summed E-state index contributed by atoms with van der Waals surface area (Å²) in [6, 6.07) is 0. The normalized spacial score (nSPS) is 21.9. The molecule has 1 fully saturated rings. The third kappa shape index (κ3) is 1.37. The van der Waals surface area contributed by atoms with Crippen molar-refractivity contribution < 1.29 is 0 Å². The van der Waals surface area contributed by atoms with Gasteiger partial charge in [-0.1, -0.05) is 6.42 Å². The Bertz CT molecular complexity index is 48.1. The molecule has 0 amide bonds. The van der Waals surface area contributed by atoms with Crippen LogP contribution in [0.15, 0.2) is 0 Å². The van der Waals surface area contributed by atoms with Crippen molar-refractivity contribution in [2.24, 2.45) is 0 Å². The molecule has 0 unspecified atom stereocenters. The summed E-state index contributed by atoms with van der Waals surface area (Å²) in [6.45, 7) is 0. The molecule has 0 N–H and O–H groups in total.